The average molecular weight is 520 g/mol. The van der Waals surface area contributed by atoms with Crippen LogP contribution in [0.2, 0.25) is 0 Å². The molecule has 1 aliphatic rings. The first-order valence-corrected chi connectivity index (χ1v) is 12.0. The second-order valence-electron chi connectivity index (χ2n) is 7.97. The van der Waals surface area contributed by atoms with Gasteiger partial charge in [-0.1, -0.05) is 30.3 Å². The Morgan fingerprint density at radius 1 is 1.03 bits per heavy atom. The number of ether oxygens (including phenoxy) is 1. The Morgan fingerprint density at radius 2 is 1.72 bits per heavy atom. The molecule has 3 aromatic carbocycles. The van der Waals surface area contributed by atoms with Gasteiger partial charge in [0.2, 0.25) is 10.0 Å². The van der Waals surface area contributed by atoms with Gasteiger partial charge in [-0.2, -0.15) is 17.9 Å². The van der Waals surface area contributed by atoms with E-state index >= 15 is 0 Å². The number of sulfonamides is 1. The van der Waals surface area contributed by atoms with Crippen LogP contribution < -0.4 is 15.4 Å². The SMILES string of the molecule is Cc1ccccc1NC(=O)COC(=O)c1ccc([C@H]2Nc3cc(C(F)(F)F)ccc3S(=O)(=O)N2)cc1. The van der Waals surface area contributed by atoms with Crippen LogP contribution in [-0.4, -0.2) is 26.9 Å². The van der Waals surface area contributed by atoms with Gasteiger partial charge in [0.15, 0.2) is 6.61 Å². The number of rotatable bonds is 5. The molecule has 12 heteroatoms. The van der Waals surface area contributed by atoms with E-state index in [4.69, 9.17) is 4.74 Å². The molecule has 1 amide bonds. The topological polar surface area (TPSA) is 114 Å². The second-order valence-corrected chi connectivity index (χ2v) is 9.65. The van der Waals surface area contributed by atoms with Crippen molar-refractivity contribution in [2.45, 2.75) is 24.2 Å². The fourth-order valence-electron chi connectivity index (χ4n) is 3.53. The lowest BCUT2D eigenvalue weighted by molar-refractivity contribution is -0.137. The van der Waals surface area contributed by atoms with Gasteiger partial charge in [-0.05, 0) is 54.4 Å². The number of fused-ring (bicyclic) bond motifs is 1. The summed E-state index contributed by atoms with van der Waals surface area (Å²) in [6.45, 7) is 1.30. The van der Waals surface area contributed by atoms with Gasteiger partial charge in [0.1, 0.15) is 11.1 Å². The maximum Gasteiger partial charge on any atom is 0.416 e. The van der Waals surface area contributed by atoms with E-state index in [-0.39, 0.29) is 16.1 Å². The minimum Gasteiger partial charge on any atom is -0.452 e. The molecule has 0 saturated heterocycles. The zero-order valence-electron chi connectivity index (χ0n) is 18.7. The highest BCUT2D eigenvalue weighted by atomic mass is 32.2. The van der Waals surface area contributed by atoms with Gasteiger partial charge in [-0.15, -0.1) is 0 Å². The highest BCUT2D eigenvalue weighted by Crippen LogP contribution is 2.37. The first-order valence-electron chi connectivity index (χ1n) is 10.6. The predicted octanol–water partition coefficient (Wildman–Crippen LogP) is 4.21. The molecule has 0 fully saturated rings. The number of halogens is 3. The van der Waals surface area contributed by atoms with E-state index in [0.29, 0.717) is 17.3 Å². The first-order chi connectivity index (χ1) is 16.9. The van der Waals surface area contributed by atoms with Crippen molar-refractivity contribution >= 4 is 33.3 Å². The Kier molecular flexibility index (Phi) is 6.74. The summed E-state index contributed by atoms with van der Waals surface area (Å²) in [5, 5.41) is 5.38. The molecule has 1 atom stereocenters. The number of esters is 1. The number of alkyl halides is 3. The predicted molar refractivity (Wildman–Crippen MR) is 125 cm³/mol. The van der Waals surface area contributed by atoms with Gasteiger partial charge in [0.25, 0.3) is 5.91 Å². The highest BCUT2D eigenvalue weighted by Gasteiger charge is 2.35. The summed E-state index contributed by atoms with van der Waals surface area (Å²) in [7, 11) is -4.09. The van der Waals surface area contributed by atoms with Crippen LogP contribution in [-0.2, 0) is 25.7 Å². The molecule has 188 valence electrons. The molecule has 0 bridgehead atoms. The third kappa shape index (κ3) is 5.50. The Morgan fingerprint density at radius 3 is 2.39 bits per heavy atom. The minimum atomic E-state index is -4.64. The molecule has 1 heterocycles. The largest absolute Gasteiger partial charge is 0.452 e. The van der Waals surface area contributed by atoms with Crippen molar-refractivity contribution in [1.82, 2.24) is 4.72 Å². The normalized spacial score (nSPS) is 16.4. The van der Waals surface area contributed by atoms with Gasteiger partial charge in [-0.25, -0.2) is 13.2 Å². The molecule has 1 aliphatic heterocycles. The number of benzene rings is 3. The quantitative estimate of drug-likeness (QED) is 0.435. The molecule has 3 N–H and O–H groups in total. The molecular formula is C24H20F3N3O5S. The van der Waals surface area contributed by atoms with Crippen molar-refractivity contribution in [2.24, 2.45) is 0 Å². The molecule has 8 nitrogen and oxygen atoms in total. The summed E-state index contributed by atoms with van der Waals surface area (Å²) in [4.78, 5) is 24.1. The van der Waals surface area contributed by atoms with Gasteiger partial charge in [0.05, 0.1) is 16.8 Å². The standard InChI is InChI=1S/C24H20F3N3O5S/c1-14-4-2-3-5-18(14)28-21(31)13-35-23(32)16-8-6-15(7-9-16)22-29-19-12-17(24(25,26)27)10-11-20(19)36(33,34)30-22/h2-12,22,29-30H,13H2,1H3,(H,28,31)/t22-/m0/s1. The van der Waals surface area contributed by atoms with Gasteiger partial charge < -0.3 is 15.4 Å². The van der Waals surface area contributed by atoms with E-state index in [9.17, 15) is 31.2 Å². The molecule has 0 saturated carbocycles. The van der Waals surface area contributed by atoms with E-state index < -0.39 is 46.4 Å². The van der Waals surface area contributed by atoms with Crippen LogP contribution in [0, 0.1) is 6.92 Å². The van der Waals surface area contributed by atoms with Crippen LogP contribution >= 0.6 is 0 Å². The Hall–Kier alpha value is -3.90. The number of nitrogens with one attached hydrogen (secondary N) is 3. The zero-order valence-corrected chi connectivity index (χ0v) is 19.5. The summed E-state index contributed by atoms with van der Waals surface area (Å²) in [6, 6.07) is 15.0. The molecule has 0 unspecified atom stereocenters. The lowest BCUT2D eigenvalue weighted by Gasteiger charge is -2.29. The average Bonchev–Trinajstić information content (AvgIpc) is 2.83. The first kappa shape index (κ1) is 25.2. The van der Waals surface area contributed by atoms with Crippen molar-refractivity contribution in [3.8, 4) is 0 Å². The molecule has 0 radical (unpaired) electrons. The monoisotopic (exact) mass is 519 g/mol. The number of carbonyl (C=O) groups is 2. The zero-order chi connectivity index (χ0) is 26.1. The number of hydrogen-bond donors (Lipinski definition) is 3. The van der Waals surface area contributed by atoms with Crippen LogP contribution in [0.3, 0.4) is 0 Å². The van der Waals surface area contributed by atoms with Crippen molar-refractivity contribution in [1.29, 1.82) is 0 Å². The Labute approximate surface area is 204 Å². The molecule has 3 aromatic rings. The fraction of sp³-hybridized carbons (Fsp3) is 0.167. The highest BCUT2D eigenvalue weighted by molar-refractivity contribution is 7.89. The van der Waals surface area contributed by atoms with Crippen molar-refractivity contribution < 1.29 is 35.9 Å². The van der Waals surface area contributed by atoms with Gasteiger partial charge >= 0.3 is 12.1 Å². The summed E-state index contributed by atoms with van der Waals surface area (Å²) in [5.41, 5.74) is 0.688. The maximum absolute atomic E-state index is 13.1. The van der Waals surface area contributed by atoms with E-state index in [2.05, 4.69) is 15.4 Å². The number of aryl methyl sites for hydroxylation is 1. The van der Waals surface area contributed by atoms with Crippen LogP contribution in [0.5, 0.6) is 0 Å². The van der Waals surface area contributed by atoms with Crippen LogP contribution in [0.15, 0.2) is 71.6 Å². The lowest BCUT2D eigenvalue weighted by atomic mass is 10.1. The second kappa shape index (κ2) is 9.63. The molecule has 0 spiro atoms. The lowest BCUT2D eigenvalue weighted by Crippen LogP contribution is -2.38. The number of para-hydroxylation sites is 1. The van der Waals surface area contributed by atoms with Crippen molar-refractivity contribution in [3.63, 3.8) is 0 Å². The van der Waals surface area contributed by atoms with Crippen LogP contribution in [0.1, 0.15) is 33.2 Å². The smallest absolute Gasteiger partial charge is 0.416 e. The summed E-state index contributed by atoms with van der Waals surface area (Å²) in [5.74, 6) is -1.30. The van der Waals surface area contributed by atoms with E-state index in [1.165, 1.54) is 24.3 Å². The fourth-order valence-corrected chi connectivity index (χ4v) is 4.82. The Bertz CT molecular complexity index is 1420. The molecule has 36 heavy (non-hydrogen) atoms. The molecular weight excluding hydrogens is 499 g/mol. The maximum atomic E-state index is 13.1. The van der Waals surface area contributed by atoms with Crippen molar-refractivity contribution in [2.75, 3.05) is 17.2 Å². The number of anilines is 2. The number of hydrogen-bond acceptors (Lipinski definition) is 6. The minimum absolute atomic E-state index is 0.0980. The molecule has 0 aliphatic carbocycles. The van der Waals surface area contributed by atoms with Gasteiger partial charge in [0, 0.05) is 5.69 Å². The van der Waals surface area contributed by atoms with Crippen LogP contribution in [0.25, 0.3) is 0 Å². The third-order valence-electron chi connectivity index (χ3n) is 5.40. The van der Waals surface area contributed by atoms with E-state index in [0.717, 1.165) is 17.7 Å². The number of carbonyl (C=O) groups excluding carboxylic acids is 2. The van der Waals surface area contributed by atoms with E-state index in [1.54, 1.807) is 12.1 Å². The third-order valence-corrected chi connectivity index (χ3v) is 6.88. The Balaban J connectivity index is 1.43. The van der Waals surface area contributed by atoms with Crippen molar-refractivity contribution in [3.05, 3.63) is 89.0 Å². The van der Waals surface area contributed by atoms with Gasteiger partial charge in [-0.3, -0.25) is 4.79 Å². The summed E-state index contributed by atoms with van der Waals surface area (Å²) in [6.07, 6.45) is -5.71. The van der Waals surface area contributed by atoms with E-state index in [1.807, 2.05) is 19.1 Å². The van der Waals surface area contributed by atoms with Crippen LogP contribution in [0.4, 0.5) is 24.5 Å². The summed E-state index contributed by atoms with van der Waals surface area (Å²) >= 11 is 0. The number of amides is 1. The summed E-state index contributed by atoms with van der Waals surface area (Å²) < 4.78 is 71.7. The molecule has 0 aromatic heterocycles. The molecule has 4 rings (SSSR count).